The lowest BCUT2D eigenvalue weighted by atomic mass is 9.86. The van der Waals surface area contributed by atoms with Crippen molar-refractivity contribution in [3.05, 3.63) is 29.8 Å². The molecule has 2 nitrogen and oxygen atoms in total. The average Bonchev–Trinajstić information content (AvgIpc) is 2.32. The van der Waals surface area contributed by atoms with Crippen molar-refractivity contribution in [1.82, 2.24) is 0 Å². The Morgan fingerprint density at radius 2 is 1.79 bits per heavy atom. The SMILES string of the molecule is CC(C)CCOCCNc1ccccc1C(C)(C)C. The van der Waals surface area contributed by atoms with E-state index >= 15 is 0 Å². The molecule has 0 saturated heterocycles. The van der Waals surface area contributed by atoms with Gasteiger partial charge >= 0.3 is 0 Å². The minimum absolute atomic E-state index is 0.169. The average molecular weight is 263 g/mol. The second-order valence-electron chi connectivity index (χ2n) is 6.52. The van der Waals surface area contributed by atoms with Crippen molar-refractivity contribution in [3.63, 3.8) is 0 Å². The van der Waals surface area contributed by atoms with Crippen LogP contribution in [0.15, 0.2) is 24.3 Å². The molecule has 0 fully saturated rings. The quantitative estimate of drug-likeness (QED) is 0.733. The molecule has 0 radical (unpaired) electrons. The van der Waals surface area contributed by atoms with Crippen LogP contribution in [0.2, 0.25) is 0 Å². The van der Waals surface area contributed by atoms with Gasteiger partial charge in [-0.2, -0.15) is 0 Å². The molecule has 0 aliphatic carbocycles. The van der Waals surface area contributed by atoms with Crippen LogP contribution in [0.25, 0.3) is 0 Å². The van der Waals surface area contributed by atoms with Crippen molar-refractivity contribution in [1.29, 1.82) is 0 Å². The fourth-order valence-electron chi connectivity index (χ4n) is 1.97. The van der Waals surface area contributed by atoms with Gasteiger partial charge < -0.3 is 10.1 Å². The summed E-state index contributed by atoms with van der Waals surface area (Å²) in [6.45, 7) is 13.7. The predicted octanol–water partition coefficient (Wildman–Crippen LogP) is 4.46. The fraction of sp³-hybridized carbons (Fsp3) is 0.647. The van der Waals surface area contributed by atoms with E-state index in [9.17, 15) is 0 Å². The summed E-state index contributed by atoms with van der Waals surface area (Å²) in [7, 11) is 0. The van der Waals surface area contributed by atoms with Crippen LogP contribution in [-0.4, -0.2) is 19.8 Å². The molecule has 1 N–H and O–H groups in total. The molecule has 0 amide bonds. The molecular formula is C17H29NO. The van der Waals surface area contributed by atoms with Crippen molar-refractivity contribution >= 4 is 5.69 Å². The van der Waals surface area contributed by atoms with Crippen LogP contribution in [0.4, 0.5) is 5.69 Å². The molecule has 0 saturated carbocycles. The highest BCUT2D eigenvalue weighted by Gasteiger charge is 2.16. The summed E-state index contributed by atoms with van der Waals surface area (Å²) < 4.78 is 5.63. The molecule has 0 bridgehead atoms. The Kier molecular flexibility index (Phi) is 6.36. The minimum Gasteiger partial charge on any atom is -0.382 e. The van der Waals surface area contributed by atoms with E-state index in [-0.39, 0.29) is 5.41 Å². The zero-order valence-corrected chi connectivity index (χ0v) is 13.1. The van der Waals surface area contributed by atoms with Gasteiger partial charge in [0.2, 0.25) is 0 Å². The third-order valence-corrected chi connectivity index (χ3v) is 3.14. The molecule has 1 aromatic carbocycles. The highest BCUT2D eigenvalue weighted by Crippen LogP contribution is 2.28. The molecule has 1 rings (SSSR count). The van der Waals surface area contributed by atoms with Crippen LogP contribution >= 0.6 is 0 Å². The van der Waals surface area contributed by atoms with E-state index in [0.717, 1.165) is 32.1 Å². The summed E-state index contributed by atoms with van der Waals surface area (Å²) in [6, 6.07) is 8.53. The first-order chi connectivity index (χ1) is 8.91. The second kappa shape index (κ2) is 7.54. The molecule has 0 aromatic heterocycles. The zero-order valence-electron chi connectivity index (χ0n) is 13.1. The van der Waals surface area contributed by atoms with Crippen molar-refractivity contribution < 1.29 is 4.74 Å². The maximum atomic E-state index is 5.63. The zero-order chi connectivity index (χ0) is 14.3. The standard InChI is InChI=1S/C17H29NO/c1-14(2)10-12-19-13-11-18-16-9-7-6-8-15(16)17(3,4)5/h6-9,14,18H,10-13H2,1-5H3. The molecule has 0 heterocycles. The van der Waals surface area contributed by atoms with Crippen molar-refractivity contribution in [3.8, 4) is 0 Å². The van der Waals surface area contributed by atoms with E-state index in [1.807, 2.05) is 0 Å². The Morgan fingerprint density at radius 3 is 2.42 bits per heavy atom. The van der Waals surface area contributed by atoms with Gasteiger partial charge in [-0.3, -0.25) is 0 Å². The summed E-state index contributed by atoms with van der Waals surface area (Å²) in [6.07, 6.45) is 1.14. The molecular weight excluding hydrogens is 234 g/mol. The Hall–Kier alpha value is -1.02. The predicted molar refractivity (Wildman–Crippen MR) is 83.9 cm³/mol. The van der Waals surface area contributed by atoms with Crippen molar-refractivity contribution in [2.45, 2.75) is 46.5 Å². The minimum atomic E-state index is 0.169. The van der Waals surface area contributed by atoms with E-state index in [1.165, 1.54) is 11.3 Å². The monoisotopic (exact) mass is 263 g/mol. The number of rotatable bonds is 7. The maximum absolute atomic E-state index is 5.63. The van der Waals surface area contributed by atoms with E-state index in [1.54, 1.807) is 0 Å². The lowest BCUT2D eigenvalue weighted by molar-refractivity contribution is 0.132. The van der Waals surface area contributed by atoms with Gasteiger partial charge in [-0.05, 0) is 29.4 Å². The Labute approximate surface area is 118 Å². The van der Waals surface area contributed by atoms with Gasteiger partial charge in [0.25, 0.3) is 0 Å². The lowest BCUT2D eigenvalue weighted by Gasteiger charge is -2.23. The largest absolute Gasteiger partial charge is 0.382 e. The van der Waals surface area contributed by atoms with Gasteiger partial charge in [-0.1, -0.05) is 52.8 Å². The van der Waals surface area contributed by atoms with Crippen LogP contribution in [-0.2, 0) is 10.2 Å². The highest BCUT2D eigenvalue weighted by atomic mass is 16.5. The number of anilines is 1. The van der Waals surface area contributed by atoms with Crippen LogP contribution in [0.1, 0.15) is 46.6 Å². The number of para-hydroxylation sites is 1. The van der Waals surface area contributed by atoms with E-state index < -0.39 is 0 Å². The van der Waals surface area contributed by atoms with Gasteiger partial charge in [-0.25, -0.2) is 0 Å². The lowest BCUT2D eigenvalue weighted by Crippen LogP contribution is -2.17. The summed E-state index contributed by atoms with van der Waals surface area (Å²) in [5.41, 5.74) is 2.75. The van der Waals surface area contributed by atoms with E-state index in [4.69, 9.17) is 4.74 Å². The fourth-order valence-corrected chi connectivity index (χ4v) is 1.97. The Morgan fingerprint density at radius 1 is 1.11 bits per heavy atom. The van der Waals surface area contributed by atoms with Crippen LogP contribution in [0, 0.1) is 5.92 Å². The van der Waals surface area contributed by atoms with Crippen LogP contribution in [0.5, 0.6) is 0 Å². The molecule has 19 heavy (non-hydrogen) atoms. The topological polar surface area (TPSA) is 21.3 Å². The Balaban J connectivity index is 2.37. The molecule has 108 valence electrons. The number of benzene rings is 1. The normalized spacial score (nSPS) is 11.9. The summed E-state index contributed by atoms with van der Waals surface area (Å²) in [5.74, 6) is 0.717. The first-order valence-corrected chi connectivity index (χ1v) is 7.32. The first kappa shape index (κ1) is 16.0. The number of hydrogen-bond acceptors (Lipinski definition) is 2. The van der Waals surface area contributed by atoms with Gasteiger partial charge in [0, 0.05) is 18.8 Å². The molecule has 0 aliphatic rings. The number of hydrogen-bond donors (Lipinski definition) is 1. The summed E-state index contributed by atoms with van der Waals surface area (Å²) >= 11 is 0. The summed E-state index contributed by atoms with van der Waals surface area (Å²) in [4.78, 5) is 0. The van der Waals surface area contributed by atoms with Crippen LogP contribution in [0.3, 0.4) is 0 Å². The molecule has 0 spiro atoms. The molecule has 0 unspecified atom stereocenters. The van der Waals surface area contributed by atoms with Crippen molar-refractivity contribution in [2.24, 2.45) is 5.92 Å². The number of nitrogens with one attached hydrogen (secondary N) is 1. The third-order valence-electron chi connectivity index (χ3n) is 3.14. The Bertz CT molecular complexity index is 366. The van der Waals surface area contributed by atoms with Gasteiger partial charge in [0.15, 0.2) is 0 Å². The molecule has 2 heteroatoms. The third kappa shape index (κ3) is 6.11. The van der Waals surface area contributed by atoms with Gasteiger partial charge in [-0.15, -0.1) is 0 Å². The second-order valence-corrected chi connectivity index (χ2v) is 6.52. The molecule has 1 aromatic rings. The maximum Gasteiger partial charge on any atom is 0.0639 e. The smallest absolute Gasteiger partial charge is 0.0639 e. The first-order valence-electron chi connectivity index (χ1n) is 7.32. The van der Waals surface area contributed by atoms with E-state index in [2.05, 4.69) is 64.2 Å². The van der Waals surface area contributed by atoms with Crippen LogP contribution < -0.4 is 5.32 Å². The van der Waals surface area contributed by atoms with Crippen molar-refractivity contribution in [2.75, 3.05) is 25.1 Å². The highest BCUT2D eigenvalue weighted by molar-refractivity contribution is 5.54. The van der Waals surface area contributed by atoms with E-state index in [0.29, 0.717) is 0 Å². The summed E-state index contributed by atoms with van der Waals surface area (Å²) in [5, 5.41) is 3.48. The molecule has 0 aliphatic heterocycles. The molecule has 0 atom stereocenters. The van der Waals surface area contributed by atoms with Gasteiger partial charge in [0.05, 0.1) is 6.61 Å². The van der Waals surface area contributed by atoms with Gasteiger partial charge in [0.1, 0.15) is 0 Å². The number of ether oxygens (including phenoxy) is 1.